The van der Waals surface area contributed by atoms with Crippen LogP contribution in [0.1, 0.15) is 24.9 Å². The van der Waals surface area contributed by atoms with Crippen LogP contribution in [0.25, 0.3) is 0 Å². The van der Waals surface area contributed by atoms with Gasteiger partial charge in [0, 0.05) is 24.8 Å². The molecular formula is C8H15N3. The lowest BCUT2D eigenvalue weighted by molar-refractivity contribution is 0.576. The first kappa shape index (κ1) is 8.27. The zero-order valence-electron chi connectivity index (χ0n) is 7.33. The molecule has 0 aliphatic rings. The Morgan fingerprint density at radius 3 is 2.82 bits per heavy atom. The molecule has 3 heteroatoms. The first-order valence-electron chi connectivity index (χ1n) is 3.93. The minimum Gasteiger partial charge on any atom is -0.313 e. The third-order valence-corrected chi connectivity index (χ3v) is 1.88. The fourth-order valence-electron chi connectivity index (χ4n) is 1.23. The summed E-state index contributed by atoms with van der Waals surface area (Å²) in [6.07, 6.45) is 5.05. The van der Waals surface area contributed by atoms with Gasteiger partial charge in [-0.05, 0) is 13.5 Å². The molecule has 1 N–H and O–H groups in total. The second-order valence-electron chi connectivity index (χ2n) is 2.70. The van der Waals surface area contributed by atoms with E-state index in [1.54, 1.807) is 0 Å². The summed E-state index contributed by atoms with van der Waals surface area (Å²) in [4.78, 5) is 0. The molecule has 11 heavy (non-hydrogen) atoms. The molecule has 1 unspecified atom stereocenters. The average molecular weight is 153 g/mol. The predicted molar refractivity (Wildman–Crippen MR) is 45.3 cm³/mol. The average Bonchev–Trinajstić information content (AvgIpc) is 2.39. The molecule has 0 saturated carbocycles. The fourth-order valence-corrected chi connectivity index (χ4v) is 1.23. The Labute approximate surface area is 67.4 Å². The number of aryl methyl sites for hydroxylation is 1. The van der Waals surface area contributed by atoms with Crippen molar-refractivity contribution < 1.29 is 0 Å². The highest BCUT2D eigenvalue weighted by Gasteiger charge is 2.06. The lowest BCUT2D eigenvalue weighted by atomic mass is 10.1. The van der Waals surface area contributed by atoms with Crippen LogP contribution in [-0.4, -0.2) is 16.8 Å². The van der Waals surface area contributed by atoms with Crippen molar-refractivity contribution >= 4 is 0 Å². The van der Waals surface area contributed by atoms with Crippen LogP contribution in [0.15, 0.2) is 12.4 Å². The van der Waals surface area contributed by atoms with Gasteiger partial charge in [-0.25, -0.2) is 0 Å². The summed E-state index contributed by atoms with van der Waals surface area (Å²) in [5.74, 6) is 0. The highest BCUT2D eigenvalue weighted by molar-refractivity contribution is 5.09. The van der Waals surface area contributed by atoms with Gasteiger partial charge < -0.3 is 5.32 Å². The van der Waals surface area contributed by atoms with Gasteiger partial charge in [-0.15, -0.1) is 0 Å². The summed E-state index contributed by atoms with van der Waals surface area (Å²) < 4.78 is 1.83. The van der Waals surface area contributed by atoms with E-state index in [9.17, 15) is 0 Å². The number of nitrogens with one attached hydrogen (secondary N) is 1. The van der Waals surface area contributed by atoms with Gasteiger partial charge in [0.15, 0.2) is 0 Å². The molecule has 62 valence electrons. The number of nitrogens with zero attached hydrogens (tertiary/aromatic N) is 2. The number of hydrogen-bond acceptors (Lipinski definition) is 2. The highest BCUT2D eigenvalue weighted by Crippen LogP contribution is 2.13. The molecular weight excluding hydrogens is 138 g/mol. The van der Waals surface area contributed by atoms with Crippen molar-refractivity contribution in [3.8, 4) is 0 Å². The smallest absolute Gasteiger partial charge is 0.0537 e. The topological polar surface area (TPSA) is 29.9 Å². The third kappa shape index (κ3) is 1.80. The quantitative estimate of drug-likeness (QED) is 0.704. The van der Waals surface area contributed by atoms with Crippen molar-refractivity contribution in [3.05, 3.63) is 18.0 Å². The molecule has 0 aliphatic carbocycles. The molecule has 0 saturated heterocycles. The SMILES string of the molecule is CCC(NC)c1cnn(C)c1. The van der Waals surface area contributed by atoms with E-state index in [1.165, 1.54) is 5.56 Å². The van der Waals surface area contributed by atoms with Gasteiger partial charge in [0.2, 0.25) is 0 Å². The van der Waals surface area contributed by atoms with Gasteiger partial charge in [-0.1, -0.05) is 6.92 Å². The molecule has 0 aliphatic heterocycles. The predicted octanol–water partition coefficient (Wildman–Crippen LogP) is 1.09. The fraction of sp³-hybridized carbons (Fsp3) is 0.625. The van der Waals surface area contributed by atoms with Gasteiger partial charge in [-0.3, -0.25) is 4.68 Å². The number of aromatic nitrogens is 2. The molecule has 1 aromatic heterocycles. The van der Waals surface area contributed by atoms with E-state index < -0.39 is 0 Å². The Morgan fingerprint density at radius 1 is 1.73 bits per heavy atom. The number of hydrogen-bond donors (Lipinski definition) is 1. The van der Waals surface area contributed by atoms with Crippen molar-refractivity contribution in [2.45, 2.75) is 19.4 Å². The van der Waals surface area contributed by atoms with Gasteiger partial charge in [0.05, 0.1) is 6.20 Å². The van der Waals surface area contributed by atoms with Crippen LogP contribution in [0.4, 0.5) is 0 Å². The van der Waals surface area contributed by atoms with Crippen LogP contribution in [0.2, 0.25) is 0 Å². The van der Waals surface area contributed by atoms with E-state index in [2.05, 4.69) is 17.3 Å². The second-order valence-corrected chi connectivity index (χ2v) is 2.70. The molecule has 0 radical (unpaired) electrons. The summed E-state index contributed by atoms with van der Waals surface area (Å²) in [7, 11) is 3.91. The van der Waals surface area contributed by atoms with E-state index in [0.29, 0.717) is 6.04 Å². The molecule has 0 fully saturated rings. The molecule has 1 heterocycles. The summed E-state index contributed by atoms with van der Waals surface area (Å²) in [6.45, 7) is 2.16. The summed E-state index contributed by atoms with van der Waals surface area (Å²) in [5, 5.41) is 7.34. The zero-order valence-corrected chi connectivity index (χ0v) is 7.33. The largest absolute Gasteiger partial charge is 0.313 e. The van der Waals surface area contributed by atoms with E-state index in [4.69, 9.17) is 0 Å². The molecule has 0 spiro atoms. The van der Waals surface area contributed by atoms with E-state index in [1.807, 2.05) is 31.2 Å². The Hall–Kier alpha value is -0.830. The normalized spacial score (nSPS) is 13.4. The molecule has 0 aromatic carbocycles. The Balaban J connectivity index is 2.73. The molecule has 3 nitrogen and oxygen atoms in total. The minimum absolute atomic E-state index is 0.448. The highest BCUT2D eigenvalue weighted by atomic mass is 15.2. The maximum atomic E-state index is 4.11. The third-order valence-electron chi connectivity index (χ3n) is 1.88. The maximum absolute atomic E-state index is 4.11. The van der Waals surface area contributed by atoms with Crippen LogP contribution in [0.5, 0.6) is 0 Å². The standard InChI is InChI=1S/C8H15N3/c1-4-8(9-2)7-5-10-11(3)6-7/h5-6,8-9H,4H2,1-3H3. The van der Waals surface area contributed by atoms with E-state index in [-0.39, 0.29) is 0 Å². The first-order chi connectivity index (χ1) is 5.27. The maximum Gasteiger partial charge on any atom is 0.0537 e. The van der Waals surface area contributed by atoms with Crippen LogP contribution in [0, 0.1) is 0 Å². The van der Waals surface area contributed by atoms with Gasteiger partial charge in [0.1, 0.15) is 0 Å². The van der Waals surface area contributed by atoms with Gasteiger partial charge >= 0.3 is 0 Å². The molecule has 0 amide bonds. The molecule has 1 atom stereocenters. The van der Waals surface area contributed by atoms with E-state index in [0.717, 1.165) is 6.42 Å². The number of rotatable bonds is 3. The monoisotopic (exact) mass is 153 g/mol. The lowest BCUT2D eigenvalue weighted by Crippen LogP contribution is -2.14. The molecule has 1 aromatic rings. The van der Waals surface area contributed by atoms with Crippen LogP contribution >= 0.6 is 0 Å². The minimum atomic E-state index is 0.448. The van der Waals surface area contributed by atoms with Crippen molar-refractivity contribution in [2.75, 3.05) is 7.05 Å². The van der Waals surface area contributed by atoms with Crippen molar-refractivity contribution in [1.82, 2.24) is 15.1 Å². The van der Waals surface area contributed by atoms with Gasteiger partial charge in [-0.2, -0.15) is 5.10 Å². The Kier molecular flexibility index (Phi) is 2.65. The first-order valence-corrected chi connectivity index (χ1v) is 3.93. The van der Waals surface area contributed by atoms with Crippen molar-refractivity contribution in [2.24, 2.45) is 7.05 Å². The lowest BCUT2D eigenvalue weighted by Gasteiger charge is -2.09. The molecule has 0 bridgehead atoms. The van der Waals surface area contributed by atoms with Crippen molar-refractivity contribution in [3.63, 3.8) is 0 Å². The molecule has 1 rings (SSSR count). The Bertz CT molecular complexity index is 213. The summed E-state index contributed by atoms with van der Waals surface area (Å²) in [5.41, 5.74) is 1.26. The summed E-state index contributed by atoms with van der Waals surface area (Å²) in [6, 6.07) is 0.448. The zero-order chi connectivity index (χ0) is 8.27. The van der Waals surface area contributed by atoms with E-state index >= 15 is 0 Å². The Morgan fingerprint density at radius 2 is 2.45 bits per heavy atom. The van der Waals surface area contributed by atoms with Crippen molar-refractivity contribution in [1.29, 1.82) is 0 Å². The summed E-state index contributed by atoms with van der Waals surface area (Å²) >= 11 is 0. The second kappa shape index (κ2) is 3.53. The van der Waals surface area contributed by atoms with Gasteiger partial charge in [0.25, 0.3) is 0 Å². The van der Waals surface area contributed by atoms with Crippen LogP contribution in [-0.2, 0) is 7.05 Å². The van der Waals surface area contributed by atoms with Crippen LogP contribution in [0.3, 0.4) is 0 Å². The van der Waals surface area contributed by atoms with Crippen LogP contribution < -0.4 is 5.32 Å².